The molecule has 0 spiro atoms. The Labute approximate surface area is 158 Å². The average molecular weight is 367 g/mol. The van der Waals surface area contributed by atoms with Crippen LogP contribution in [0.3, 0.4) is 0 Å². The summed E-state index contributed by atoms with van der Waals surface area (Å²) in [7, 11) is 0. The number of hydrogen-bond acceptors (Lipinski definition) is 5. The predicted molar refractivity (Wildman–Crippen MR) is 104 cm³/mol. The van der Waals surface area contributed by atoms with Gasteiger partial charge in [0.2, 0.25) is 0 Å². The number of para-hydroxylation sites is 2. The van der Waals surface area contributed by atoms with Crippen molar-refractivity contribution < 1.29 is 14.6 Å². The molecule has 0 amide bonds. The summed E-state index contributed by atoms with van der Waals surface area (Å²) in [4.78, 5) is 9.96. The monoisotopic (exact) mass is 367 g/mol. The maximum Gasteiger partial charge on any atom is 0.300 e. The lowest BCUT2D eigenvalue weighted by atomic mass is 9.98. The number of ether oxygens (including phenoxy) is 2. The molecular formula is C21H25N3O3. The van der Waals surface area contributed by atoms with Gasteiger partial charge < -0.3 is 19.6 Å². The first kappa shape index (κ1) is 17.8. The highest BCUT2D eigenvalue weighted by Gasteiger charge is 2.17. The quantitative estimate of drug-likeness (QED) is 0.669. The summed E-state index contributed by atoms with van der Waals surface area (Å²) < 4.78 is 11.6. The fourth-order valence-corrected chi connectivity index (χ4v) is 3.38. The molecule has 1 saturated heterocycles. The van der Waals surface area contributed by atoms with Crippen molar-refractivity contribution in [2.45, 2.75) is 12.8 Å². The highest BCUT2D eigenvalue weighted by Crippen LogP contribution is 2.24. The Bertz CT molecular complexity index is 821. The third kappa shape index (κ3) is 4.59. The van der Waals surface area contributed by atoms with E-state index in [0.717, 1.165) is 49.3 Å². The number of nitrogens with zero attached hydrogens (tertiary/aromatic N) is 2. The Hall–Kier alpha value is -2.57. The summed E-state index contributed by atoms with van der Waals surface area (Å²) in [5, 5.41) is 9.20. The molecule has 0 bridgehead atoms. The molecule has 1 aromatic heterocycles. The van der Waals surface area contributed by atoms with E-state index in [2.05, 4.69) is 14.9 Å². The van der Waals surface area contributed by atoms with Gasteiger partial charge in [0, 0.05) is 13.2 Å². The van der Waals surface area contributed by atoms with Gasteiger partial charge in [0.25, 0.3) is 6.01 Å². The number of likely N-dealkylation sites (tertiary alicyclic amines) is 1. The number of rotatable bonds is 7. The molecule has 142 valence electrons. The van der Waals surface area contributed by atoms with Crippen LogP contribution in [0, 0.1) is 5.92 Å². The van der Waals surface area contributed by atoms with Gasteiger partial charge >= 0.3 is 0 Å². The molecule has 2 N–H and O–H groups in total. The van der Waals surface area contributed by atoms with Crippen molar-refractivity contribution in [3.8, 4) is 17.5 Å². The van der Waals surface area contributed by atoms with Crippen LogP contribution in [0.4, 0.5) is 0 Å². The Morgan fingerprint density at radius 2 is 1.78 bits per heavy atom. The number of nitrogens with one attached hydrogen (secondary N) is 1. The summed E-state index contributed by atoms with van der Waals surface area (Å²) in [5.41, 5.74) is 1.84. The van der Waals surface area contributed by atoms with Crippen LogP contribution in [-0.4, -0.2) is 52.8 Å². The van der Waals surface area contributed by atoms with Gasteiger partial charge in [0.15, 0.2) is 0 Å². The fraction of sp³-hybridized carbons (Fsp3) is 0.381. The van der Waals surface area contributed by atoms with Gasteiger partial charge in [0.1, 0.15) is 18.1 Å². The number of piperidine rings is 1. The van der Waals surface area contributed by atoms with E-state index in [0.29, 0.717) is 30.9 Å². The number of benzene rings is 2. The molecule has 1 fully saturated rings. The Balaban J connectivity index is 1.25. The van der Waals surface area contributed by atoms with Gasteiger partial charge in [-0.1, -0.05) is 12.1 Å². The number of hydrogen-bond donors (Lipinski definition) is 2. The lowest BCUT2D eigenvalue weighted by Gasteiger charge is -2.30. The minimum Gasteiger partial charge on any atom is -0.492 e. The van der Waals surface area contributed by atoms with Crippen LogP contribution in [0.25, 0.3) is 11.0 Å². The first-order chi connectivity index (χ1) is 13.3. The zero-order valence-corrected chi connectivity index (χ0v) is 15.3. The van der Waals surface area contributed by atoms with Crippen LogP contribution in [0.5, 0.6) is 17.5 Å². The second-order valence-electron chi connectivity index (χ2n) is 6.95. The molecule has 2 heterocycles. The minimum absolute atomic E-state index is 0.312. The SMILES string of the molecule is OCC1CCN(CCOc2ccc(Oc3nc4ccccc4[nH]3)cc2)CC1. The molecule has 0 radical (unpaired) electrons. The second-order valence-corrected chi connectivity index (χ2v) is 6.95. The molecule has 0 aliphatic carbocycles. The standard InChI is InChI=1S/C21H25N3O3/c25-15-16-9-11-24(12-10-16)13-14-26-17-5-7-18(8-6-17)27-21-22-19-3-1-2-4-20(19)23-21/h1-8,16,25H,9-15H2,(H,22,23). The molecule has 3 aromatic rings. The van der Waals surface area contributed by atoms with E-state index in [1.807, 2.05) is 48.5 Å². The number of aliphatic hydroxyl groups is 1. The normalized spacial score (nSPS) is 15.9. The molecule has 0 saturated carbocycles. The maximum absolute atomic E-state index is 9.20. The topological polar surface area (TPSA) is 70.6 Å². The van der Waals surface area contributed by atoms with Gasteiger partial charge in [-0.15, -0.1) is 0 Å². The highest BCUT2D eigenvalue weighted by molar-refractivity contribution is 5.75. The third-order valence-electron chi connectivity index (χ3n) is 5.05. The molecule has 6 heteroatoms. The molecule has 0 unspecified atom stereocenters. The number of aromatic nitrogens is 2. The molecule has 27 heavy (non-hydrogen) atoms. The molecule has 2 aromatic carbocycles. The largest absolute Gasteiger partial charge is 0.492 e. The first-order valence-corrected chi connectivity index (χ1v) is 9.49. The molecule has 1 aliphatic rings. The molecule has 6 nitrogen and oxygen atoms in total. The number of H-pyrrole nitrogens is 1. The lowest BCUT2D eigenvalue weighted by molar-refractivity contribution is 0.118. The summed E-state index contributed by atoms with van der Waals surface area (Å²) in [6.07, 6.45) is 2.15. The van der Waals surface area contributed by atoms with E-state index < -0.39 is 0 Å². The van der Waals surface area contributed by atoms with Gasteiger partial charge in [-0.05, 0) is 68.2 Å². The number of fused-ring (bicyclic) bond motifs is 1. The van der Waals surface area contributed by atoms with E-state index in [1.54, 1.807) is 0 Å². The maximum atomic E-state index is 9.20. The van der Waals surface area contributed by atoms with Crippen LogP contribution in [-0.2, 0) is 0 Å². The van der Waals surface area contributed by atoms with Crippen molar-refractivity contribution in [2.24, 2.45) is 5.92 Å². The van der Waals surface area contributed by atoms with Crippen molar-refractivity contribution >= 4 is 11.0 Å². The smallest absolute Gasteiger partial charge is 0.300 e. The Morgan fingerprint density at radius 1 is 1.04 bits per heavy atom. The van der Waals surface area contributed by atoms with Crippen LogP contribution in [0.1, 0.15) is 12.8 Å². The molecule has 4 rings (SSSR count). The van der Waals surface area contributed by atoms with Crippen LogP contribution >= 0.6 is 0 Å². The van der Waals surface area contributed by atoms with Crippen molar-refractivity contribution in [3.05, 3.63) is 48.5 Å². The van der Waals surface area contributed by atoms with Crippen LogP contribution in [0.15, 0.2) is 48.5 Å². The van der Waals surface area contributed by atoms with Crippen LogP contribution in [0.2, 0.25) is 0 Å². The highest BCUT2D eigenvalue weighted by atomic mass is 16.5. The molecular weight excluding hydrogens is 342 g/mol. The van der Waals surface area contributed by atoms with E-state index in [1.165, 1.54) is 0 Å². The zero-order valence-electron chi connectivity index (χ0n) is 15.3. The lowest BCUT2D eigenvalue weighted by Crippen LogP contribution is -2.37. The summed E-state index contributed by atoms with van der Waals surface area (Å²) in [6, 6.07) is 15.9. The van der Waals surface area contributed by atoms with Gasteiger partial charge in [-0.2, -0.15) is 4.98 Å². The molecule has 0 atom stereocenters. The number of imidazole rings is 1. The Kier molecular flexibility index (Phi) is 5.55. The summed E-state index contributed by atoms with van der Waals surface area (Å²) in [5.74, 6) is 2.02. The predicted octanol–water partition coefficient (Wildman–Crippen LogP) is 3.44. The fourth-order valence-electron chi connectivity index (χ4n) is 3.38. The van der Waals surface area contributed by atoms with E-state index in [9.17, 15) is 5.11 Å². The average Bonchev–Trinajstić information content (AvgIpc) is 3.12. The number of aliphatic hydroxyl groups excluding tert-OH is 1. The van der Waals surface area contributed by atoms with E-state index in [4.69, 9.17) is 9.47 Å². The van der Waals surface area contributed by atoms with E-state index >= 15 is 0 Å². The van der Waals surface area contributed by atoms with Crippen molar-refractivity contribution in [3.63, 3.8) is 0 Å². The summed E-state index contributed by atoms with van der Waals surface area (Å²) in [6.45, 7) is 3.97. The summed E-state index contributed by atoms with van der Waals surface area (Å²) >= 11 is 0. The second kappa shape index (κ2) is 8.41. The number of aromatic amines is 1. The third-order valence-corrected chi connectivity index (χ3v) is 5.05. The van der Waals surface area contributed by atoms with E-state index in [-0.39, 0.29) is 0 Å². The van der Waals surface area contributed by atoms with Crippen molar-refractivity contribution in [1.29, 1.82) is 0 Å². The zero-order chi connectivity index (χ0) is 18.5. The van der Waals surface area contributed by atoms with Crippen molar-refractivity contribution in [1.82, 2.24) is 14.9 Å². The molecule has 1 aliphatic heterocycles. The first-order valence-electron chi connectivity index (χ1n) is 9.49. The van der Waals surface area contributed by atoms with Gasteiger partial charge in [-0.25, -0.2) is 0 Å². The van der Waals surface area contributed by atoms with Gasteiger partial charge in [0.05, 0.1) is 11.0 Å². The van der Waals surface area contributed by atoms with Crippen LogP contribution < -0.4 is 9.47 Å². The Morgan fingerprint density at radius 3 is 2.52 bits per heavy atom. The van der Waals surface area contributed by atoms with Gasteiger partial charge in [-0.3, -0.25) is 4.90 Å². The minimum atomic E-state index is 0.312. The van der Waals surface area contributed by atoms with Crippen molar-refractivity contribution in [2.75, 3.05) is 32.8 Å².